The van der Waals surface area contributed by atoms with Gasteiger partial charge < -0.3 is 15.4 Å². The zero-order chi connectivity index (χ0) is 19.9. The number of rotatable bonds is 7. The highest BCUT2D eigenvalue weighted by atomic mass is 79.9. The Bertz CT molecular complexity index is 944. The van der Waals surface area contributed by atoms with Crippen molar-refractivity contribution >= 4 is 33.2 Å². The van der Waals surface area contributed by atoms with Crippen molar-refractivity contribution in [2.24, 2.45) is 0 Å². The Labute approximate surface area is 171 Å². The minimum atomic E-state index is -0.263. The molecule has 144 valence electrons. The lowest BCUT2D eigenvalue weighted by molar-refractivity contribution is -0.118. The van der Waals surface area contributed by atoms with E-state index in [1.807, 2.05) is 49.4 Å². The average Bonchev–Trinajstić information content (AvgIpc) is 2.68. The molecule has 0 radical (unpaired) electrons. The Morgan fingerprint density at radius 3 is 2.36 bits per heavy atom. The number of nitrogens with one attached hydrogen (secondary N) is 2. The molecule has 0 aliphatic carbocycles. The zero-order valence-electron chi connectivity index (χ0n) is 15.3. The van der Waals surface area contributed by atoms with Crippen LogP contribution in [0, 0.1) is 12.7 Å². The van der Waals surface area contributed by atoms with Gasteiger partial charge in [0.1, 0.15) is 11.6 Å². The second-order valence-corrected chi connectivity index (χ2v) is 7.18. The Kier molecular flexibility index (Phi) is 6.66. The predicted molar refractivity (Wildman–Crippen MR) is 113 cm³/mol. The highest BCUT2D eigenvalue weighted by Gasteiger charge is 2.07. The molecule has 0 atom stereocenters. The SMILES string of the molecule is Cc1ccc(NC(=O)COc2ccc(CNc3ccc(F)cc3)cc2Br)cc1. The number of carbonyl (C=O) groups excluding carboxylic acids is 1. The molecule has 0 aliphatic heterocycles. The van der Waals surface area contributed by atoms with Crippen molar-refractivity contribution in [1.82, 2.24) is 0 Å². The van der Waals surface area contributed by atoms with Crippen molar-refractivity contribution in [3.63, 3.8) is 0 Å². The first kappa shape index (κ1) is 19.9. The predicted octanol–water partition coefficient (Wildman–Crippen LogP) is 5.53. The Morgan fingerprint density at radius 2 is 1.68 bits per heavy atom. The summed E-state index contributed by atoms with van der Waals surface area (Å²) < 4.78 is 19.3. The van der Waals surface area contributed by atoms with Gasteiger partial charge in [-0.1, -0.05) is 23.8 Å². The Hall–Kier alpha value is -2.86. The number of carbonyl (C=O) groups is 1. The van der Waals surface area contributed by atoms with Gasteiger partial charge in [0, 0.05) is 17.9 Å². The first-order valence-corrected chi connectivity index (χ1v) is 9.56. The van der Waals surface area contributed by atoms with Crippen LogP contribution in [0.5, 0.6) is 5.75 Å². The molecule has 4 nitrogen and oxygen atoms in total. The number of halogens is 2. The summed E-state index contributed by atoms with van der Waals surface area (Å²) in [7, 11) is 0. The van der Waals surface area contributed by atoms with Gasteiger partial charge in [0.05, 0.1) is 4.47 Å². The molecule has 1 amide bonds. The molecule has 2 N–H and O–H groups in total. The Balaban J connectivity index is 1.51. The van der Waals surface area contributed by atoms with Gasteiger partial charge in [0.25, 0.3) is 5.91 Å². The van der Waals surface area contributed by atoms with Gasteiger partial charge in [-0.2, -0.15) is 0 Å². The first-order chi connectivity index (χ1) is 13.5. The molecule has 0 heterocycles. The fraction of sp³-hybridized carbons (Fsp3) is 0.136. The fourth-order valence-corrected chi connectivity index (χ4v) is 3.06. The third-order valence-corrected chi connectivity index (χ3v) is 4.65. The van der Waals surface area contributed by atoms with E-state index in [4.69, 9.17) is 4.74 Å². The third kappa shape index (κ3) is 5.82. The monoisotopic (exact) mass is 442 g/mol. The highest BCUT2D eigenvalue weighted by Crippen LogP contribution is 2.26. The summed E-state index contributed by atoms with van der Waals surface area (Å²) in [6.07, 6.45) is 0. The molecule has 0 unspecified atom stereocenters. The van der Waals surface area contributed by atoms with Gasteiger partial charge in [0.2, 0.25) is 0 Å². The molecular weight excluding hydrogens is 423 g/mol. The molecule has 0 saturated carbocycles. The van der Waals surface area contributed by atoms with Crippen LogP contribution in [0.2, 0.25) is 0 Å². The van der Waals surface area contributed by atoms with Gasteiger partial charge >= 0.3 is 0 Å². The lowest BCUT2D eigenvalue weighted by atomic mass is 10.2. The number of amides is 1. The van der Waals surface area contributed by atoms with E-state index in [-0.39, 0.29) is 18.3 Å². The van der Waals surface area contributed by atoms with E-state index in [0.29, 0.717) is 12.3 Å². The van der Waals surface area contributed by atoms with Crippen LogP contribution in [-0.2, 0) is 11.3 Å². The molecule has 0 aromatic heterocycles. The standard InChI is InChI=1S/C22H20BrFN2O2/c1-15-2-7-19(8-3-15)26-22(27)14-28-21-11-4-16(12-20(21)23)13-25-18-9-5-17(24)6-10-18/h2-12,25H,13-14H2,1H3,(H,26,27). The van der Waals surface area contributed by atoms with E-state index in [1.165, 1.54) is 12.1 Å². The van der Waals surface area contributed by atoms with E-state index >= 15 is 0 Å². The maximum atomic E-state index is 12.9. The Morgan fingerprint density at radius 1 is 1.00 bits per heavy atom. The van der Waals surface area contributed by atoms with Crippen molar-refractivity contribution < 1.29 is 13.9 Å². The lowest BCUT2D eigenvalue weighted by Gasteiger charge is -2.11. The minimum absolute atomic E-state index is 0.0837. The molecule has 6 heteroatoms. The number of benzene rings is 3. The largest absolute Gasteiger partial charge is 0.483 e. The van der Waals surface area contributed by atoms with Gasteiger partial charge in [0.15, 0.2) is 6.61 Å². The van der Waals surface area contributed by atoms with E-state index in [9.17, 15) is 9.18 Å². The normalized spacial score (nSPS) is 10.4. The maximum absolute atomic E-state index is 12.9. The van der Waals surface area contributed by atoms with Crippen molar-refractivity contribution in [2.45, 2.75) is 13.5 Å². The number of ether oxygens (including phenoxy) is 1. The summed E-state index contributed by atoms with van der Waals surface area (Å²) in [6.45, 7) is 2.49. The van der Waals surface area contributed by atoms with Crippen LogP contribution in [0.1, 0.15) is 11.1 Å². The van der Waals surface area contributed by atoms with Crippen LogP contribution < -0.4 is 15.4 Å². The van der Waals surface area contributed by atoms with Crippen molar-refractivity contribution in [3.8, 4) is 5.75 Å². The summed E-state index contributed by atoms with van der Waals surface area (Å²) in [5.41, 5.74) is 3.73. The number of anilines is 2. The molecule has 0 aliphatic rings. The molecule has 3 aromatic rings. The van der Waals surface area contributed by atoms with E-state index < -0.39 is 0 Å². The van der Waals surface area contributed by atoms with Crippen LogP contribution in [0.4, 0.5) is 15.8 Å². The van der Waals surface area contributed by atoms with Crippen LogP contribution >= 0.6 is 15.9 Å². The van der Waals surface area contributed by atoms with Gasteiger partial charge in [-0.05, 0) is 76.9 Å². The maximum Gasteiger partial charge on any atom is 0.262 e. The summed E-state index contributed by atoms with van der Waals surface area (Å²) in [5, 5.41) is 6.02. The minimum Gasteiger partial charge on any atom is -0.483 e. The van der Waals surface area contributed by atoms with Crippen LogP contribution in [0.25, 0.3) is 0 Å². The molecule has 0 saturated heterocycles. The molecule has 3 rings (SSSR count). The van der Waals surface area contributed by atoms with E-state index in [1.54, 1.807) is 12.1 Å². The van der Waals surface area contributed by atoms with Crippen molar-refractivity contribution in [1.29, 1.82) is 0 Å². The summed E-state index contributed by atoms with van der Waals surface area (Å²) in [5.74, 6) is 0.101. The third-order valence-electron chi connectivity index (χ3n) is 4.03. The van der Waals surface area contributed by atoms with Gasteiger partial charge in [-0.3, -0.25) is 4.79 Å². The second-order valence-electron chi connectivity index (χ2n) is 6.33. The fourth-order valence-electron chi connectivity index (χ4n) is 2.52. The topological polar surface area (TPSA) is 50.4 Å². The molecule has 0 bridgehead atoms. The van der Waals surface area contributed by atoms with Gasteiger partial charge in [-0.25, -0.2) is 4.39 Å². The molecule has 3 aromatic carbocycles. The number of hydrogen-bond acceptors (Lipinski definition) is 3. The van der Waals surface area contributed by atoms with E-state index in [2.05, 4.69) is 26.6 Å². The van der Waals surface area contributed by atoms with Crippen molar-refractivity contribution in [3.05, 3.63) is 88.1 Å². The highest BCUT2D eigenvalue weighted by molar-refractivity contribution is 9.10. The average molecular weight is 443 g/mol. The molecule has 28 heavy (non-hydrogen) atoms. The quantitative estimate of drug-likeness (QED) is 0.505. The zero-order valence-corrected chi connectivity index (χ0v) is 16.9. The van der Waals surface area contributed by atoms with Crippen LogP contribution in [-0.4, -0.2) is 12.5 Å². The molecule has 0 fully saturated rings. The van der Waals surface area contributed by atoms with Gasteiger partial charge in [-0.15, -0.1) is 0 Å². The lowest BCUT2D eigenvalue weighted by Crippen LogP contribution is -2.20. The summed E-state index contributed by atoms with van der Waals surface area (Å²) >= 11 is 3.47. The smallest absolute Gasteiger partial charge is 0.262 e. The summed E-state index contributed by atoms with van der Waals surface area (Å²) in [6, 6.07) is 19.4. The van der Waals surface area contributed by atoms with E-state index in [0.717, 1.165) is 27.0 Å². The number of aryl methyl sites for hydroxylation is 1. The van der Waals surface area contributed by atoms with Crippen LogP contribution in [0.15, 0.2) is 71.2 Å². The molecule has 0 spiro atoms. The van der Waals surface area contributed by atoms with Crippen LogP contribution in [0.3, 0.4) is 0 Å². The first-order valence-electron chi connectivity index (χ1n) is 8.77. The molecular formula is C22H20BrFN2O2. The summed E-state index contributed by atoms with van der Waals surface area (Å²) in [4.78, 5) is 12.0. The van der Waals surface area contributed by atoms with Crippen molar-refractivity contribution in [2.75, 3.05) is 17.2 Å². The number of hydrogen-bond donors (Lipinski definition) is 2. The second kappa shape index (κ2) is 9.37.